The van der Waals surface area contributed by atoms with Crippen LogP contribution in [-0.2, 0) is 10.0 Å². The zero-order valence-corrected chi connectivity index (χ0v) is 12.9. The molecule has 6 heteroatoms. The third kappa shape index (κ3) is 5.06. The number of rotatable bonds is 8. The van der Waals surface area contributed by atoms with E-state index in [2.05, 4.69) is 30.5 Å². The van der Waals surface area contributed by atoms with Crippen LogP contribution in [0, 0.1) is 0 Å². The lowest BCUT2D eigenvalue weighted by Crippen LogP contribution is -2.28. The van der Waals surface area contributed by atoms with Gasteiger partial charge in [-0.15, -0.1) is 11.3 Å². The zero-order chi connectivity index (χ0) is 13.6. The Morgan fingerprint density at radius 2 is 2.11 bits per heavy atom. The highest BCUT2D eigenvalue weighted by Crippen LogP contribution is 2.15. The van der Waals surface area contributed by atoms with E-state index in [-0.39, 0.29) is 0 Å². The van der Waals surface area contributed by atoms with E-state index in [1.807, 2.05) is 0 Å². The van der Waals surface area contributed by atoms with Crippen LogP contribution in [0.15, 0.2) is 21.7 Å². The summed E-state index contributed by atoms with van der Waals surface area (Å²) in [6, 6.07) is 3.91. The Balaban J connectivity index is 2.23. The maximum absolute atomic E-state index is 11.8. The van der Waals surface area contributed by atoms with E-state index in [0.717, 1.165) is 19.4 Å². The molecule has 104 valence electrons. The molecule has 0 bridgehead atoms. The fourth-order valence-electron chi connectivity index (χ4n) is 1.44. The van der Waals surface area contributed by atoms with Crippen molar-refractivity contribution in [2.45, 2.75) is 36.9 Å². The summed E-state index contributed by atoms with van der Waals surface area (Å²) >= 11 is 1.24. The van der Waals surface area contributed by atoms with E-state index in [1.165, 1.54) is 11.3 Å². The Bertz CT molecular complexity index is 427. The molecule has 18 heavy (non-hydrogen) atoms. The number of nitrogens with one attached hydrogen (secondary N) is 1. The van der Waals surface area contributed by atoms with Crippen molar-refractivity contribution in [3.05, 3.63) is 17.5 Å². The van der Waals surface area contributed by atoms with Crippen molar-refractivity contribution in [2.75, 3.05) is 20.1 Å². The van der Waals surface area contributed by atoms with Gasteiger partial charge in [0.15, 0.2) is 0 Å². The second kappa shape index (κ2) is 7.23. The SMILES string of the molecule is CC(C)N(C)CCCCNS(=O)(=O)c1cccs1. The summed E-state index contributed by atoms with van der Waals surface area (Å²) in [6.07, 6.45) is 1.86. The maximum Gasteiger partial charge on any atom is 0.250 e. The first kappa shape index (κ1) is 15.6. The number of nitrogens with zero attached hydrogens (tertiary/aromatic N) is 1. The number of hydrogen-bond donors (Lipinski definition) is 1. The second-order valence-electron chi connectivity index (χ2n) is 4.61. The van der Waals surface area contributed by atoms with Gasteiger partial charge in [-0.1, -0.05) is 6.07 Å². The molecular formula is C12H22N2O2S2. The normalized spacial score (nSPS) is 12.5. The third-order valence-electron chi connectivity index (χ3n) is 2.87. The number of hydrogen-bond acceptors (Lipinski definition) is 4. The summed E-state index contributed by atoms with van der Waals surface area (Å²) in [6.45, 7) is 5.81. The Morgan fingerprint density at radius 3 is 2.67 bits per heavy atom. The summed E-state index contributed by atoms with van der Waals surface area (Å²) in [4.78, 5) is 2.26. The van der Waals surface area contributed by atoms with E-state index in [0.29, 0.717) is 16.8 Å². The van der Waals surface area contributed by atoms with Gasteiger partial charge in [0.1, 0.15) is 4.21 Å². The first-order valence-corrected chi connectivity index (χ1v) is 8.53. The maximum atomic E-state index is 11.8. The van der Waals surface area contributed by atoms with Gasteiger partial charge in [-0.05, 0) is 51.7 Å². The van der Waals surface area contributed by atoms with Crippen LogP contribution in [0.3, 0.4) is 0 Å². The summed E-state index contributed by atoms with van der Waals surface area (Å²) in [7, 11) is -1.20. The molecule has 1 aromatic rings. The highest BCUT2D eigenvalue weighted by molar-refractivity contribution is 7.91. The molecule has 0 radical (unpaired) electrons. The molecule has 1 aromatic heterocycles. The minimum absolute atomic E-state index is 0.391. The van der Waals surface area contributed by atoms with Crippen LogP contribution in [0.25, 0.3) is 0 Å². The first-order valence-electron chi connectivity index (χ1n) is 6.17. The molecule has 0 atom stereocenters. The standard InChI is InChI=1S/C12H22N2O2S2/c1-11(2)14(3)9-5-4-8-13-18(15,16)12-7-6-10-17-12/h6-7,10-11,13H,4-5,8-9H2,1-3H3. The van der Waals surface area contributed by atoms with E-state index in [1.54, 1.807) is 17.5 Å². The summed E-state index contributed by atoms with van der Waals surface area (Å²) in [5.74, 6) is 0. The van der Waals surface area contributed by atoms with Crippen LogP contribution in [0.2, 0.25) is 0 Å². The lowest BCUT2D eigenvalue weighted by Gasteiger charge is -2.20. The highest BCUT2D eigenvalue weighted by atomic mass is 32.2. The molecule has 0 aromatic carbocycles. The molecular weight excluding hydrogens is 268 g/mol. The van der Waals surface area contributed by atoms with Gasteiger partial charge in [0.05, 0.1) is 0 Å². The Morgan fingerprint density at radius 1 is 1.39 bits per heavy atom. The first-order chi connectivity index (χ1) is 8.43. The Labute approximate surface area is 114 Å². The van der Waals surface area contributed by atoms with Crippen LogP contribution in [-0.4, -0.2) is 39.5 Å². The van der Waals surface area contributed by atoms with Gasteiger partial charge in [-0.3, -0.25) is 0 Å². The van der Waals surface area contributed by atoms with Crippen LogP contribution >= 0.6 is 11.3 Å². The molecule has 0 amide bonds. The van der Waals surface area contributed by atoms with E-state index in [4.69, 9.17) is 0 Å². The molecule has 1 heterocycles. The minimum atomic E-state index is -3.28. The summed E-state index contributed by atoms with van der Waals surface area (Å²) in [5, 5.41) is 1.77. The van der Waals surface area contributed by atoms with Crippen LogP contribution in [0.4, 0.5) is 0 Å². The molecule has 1 N–H and O–H groups in total. The number of thiophene rings is 1. The van der Waals surface area contributed by atoms with E-state index >= 15 is 0 Å². The molecule has 0 spiro atoms. The monoisotopic (exact) mass is 290 g/mol. The smallest absolute Gasteiger partial charge is 0.250 e. The zero-order valence-electron chi connectivity index (χ0n) is 11.2. The fourth-order valence-corrected chi connectivity index (χ4v) is 3.55. The van der Waals surface area contributed by atoms with Gasteiger partial charge >= 0.3 is 0 Å². The van der Waals surface area contributed by atoms with E-state index < -0.39 is 10.0 Å². The molecule has 0 fully saturated rings. The largest absolute Gasteiger partial charge is 0.304 e. The van der Waals surface area contributed by atoms with Crippen molar-refractivity contribution in [3.8, 4) is 0 Å². The average molecular weight is 290 g/mol. The van der Waals surface area contributed by atoms with Crippen molar-refractivity contribution < 1.29 is 8.42 Å². The van der Waals surface area contributed by atoms with Crippen molar-refractivity contribution in [1.29, 1.82) is 0 Å². The summed E-state index contributed by atoms with van der Waals surface area (Å²) < 4.78 is 26.6. The van der Waals surface area contributed by atoms with Gasteiger partial charge in [-0.2, -0.15) is 0 Å². The Hall–Kier alpha value is -0.430. The lowest BCUT2D eigenvalue weighted by atomic mass is 10.2. The fraction of sp³-hybridized carbons (Fsp3) is 0.667. The number of sulfonamides is 1. The van der Waals surface area contributed by atoms with Crippen molar-refractivity contribution >= 4 is 21.4 Å². The van der Waals surface area contributed by atoms with Gasteiger partial charge in [0.25, 0.3) is 0 Å². The van der Waals surface area contributed by atoms with E-state index in [9.17, 15) is 8.42 Å². The highest BCUT2D eigenvalue weighted by Gasteiger charge is 2.13. The molecule has 4 nitrogen and oxygen atoms in total. The van der Waals surface area contributed by atoms with Crippen molar-refractivity contribution in [2.24, 2.45) is 0 Å². The van der Waals surface area contributed by atoms with Crippen molar-refractivity contribution in [1.82, 2.24) is 9.62 Å². The van der Waals surface area contributed by atoms with Crippen LogP contribution in [0.5, 0.6) is 0 Å². The van der Waals surface area contributed by atoms with Crippen molar-refractivity contribution in [3.63, 3.8) is 0 Å². The second-order valence-corrected chi connectivity index (χ2v) is 7.55. The molecule has 0 saturated carbocycles. The molecule has 0 aliphatic carbocycles. The predicted octanol–water partition coefficient (Wildman–Crippen LogP) is 2.15. The van der Waals surface area contributed by atoms with Gasteiger partial charge < -0.3 is 4.90 Å². The third-order valence-corrected chi connectivity index (χ3v) is 5.73. The van der Waals surface area contributed by atoms with Gasteiger partial charge in [0, 0.05) is 12.6 Å². The predicted molar refractivity (Wildman–Crippen MR) is 76.5 cm³/mol. The number of unbranched alkanes of at least 4 members (excludes halogenated alkanes) is 1. The van der Waals surface area contributed by atoms with Gasteiger partial charge in [0.2, 0.25) is 10.0 Å². The summed E-state index contributed by atoms with van der Waals surface area (Å²) in [5.41, 5.74) is 0. The van der Waals surface area contributed by atoms with Crippen LogP contribution < -0.4 is 4.72 Å². The Kier molecular flexibility index (Phi) is 6.28. The van der Waals surface area contributed by atoms with Crippen LogP contribution in [0.1, 0.15) is 26.7 Å². The lowest BCUT2D eigenvalue weighted by molar-refractivity contribution is 0.268. The molecule has 1 rings (SSSR count). The minimum Gasteiger partial charge on any atom is -0.304 e. The average Bonchev–Trinajstić information content (AvgIpc) is 2.82. The van der Waals surface area contributed by atoms with Gasteiger partial charge in [-0.25, -0.2) is 13.1 Å². The molecule has 0 unspecified atom stereocenters. The molecule has 0 aliphatic rings. The molecule has 0 saturated heterocycles. The quantitative estimate of drug-likeness (QED) is 0.746. The topological polar surface area (TPSA) is 49.4 Å². The molecule has 0 aliphatic heterocycles.